The van der Waals surface area contributed by atoms with Gasteiger partial charge in [0.1, 0.15) is 11.3 Å². The van der Waals surface area contributed by atoms with Gasteiger partial charge >= 0.3 is 5.63 Å². The summed E-state index contributed by atoms with van der Waals surface area (Å²) in [6, 6.07) is 13.9. The van der Waals surface area contributed by atoms with Crippen LogP contribution in [0.4, 0.5) is 5.69 Å². The largest absolute Gasteiger partial charge is 0.495 e. The Labute approximate surface area is 165 Å². The number of aryl methyl sites for hydroxylation is 2. The molecule has 1 aromatic heterocycles. The van der Waals surface area contributed by atoms with Crippen LogP contribution in [0.5, 0.6) is 5.75 Å². The highest BCUT2D eigenvalue weighted by atomic mass is 16.5. The molecule has 5 heteroatoms. The molecule has 1 fully saturated rings. The minimum absolute atomic E-state index is 0.279. The molecule has 0 aliphatic carbocycles. The molecule has 4 rings (SSSR count). The molecule has 0 spiro atoms. The number of rotatable bonds is 4. The van der Waals surface area contributed by atoms with Crippen molar-refractivity contribution in [1.29, 1.82) is 0 Å². The van der Waals surface area contributed by atoms with Crippen LogP contribution in [0.2, 0.25) is 0 Å². The summed E-state index contributed by atoms with van der Waals surface area (Å²) in [5, 5.41) is 1.04. The average Bonchev–Trinajstić information content (AvgIpc) is 2.70. The van der Waals surface area contributed by atoms with E-state index in [9.17, 15) is 4.79 Å². The van der Waals surface area contributed by atoms with Crippen molar-refractivity contribution in [2.75, 3.05) is 38.2 Å². The predicted molar refractivity (Wildman–Crippen MR) is 112 cm³/mol. The topological polar surface area (TPSA) is 45.9 Å². The molecule has 1 aliphatic heterocycles. The second-order valence-corrected chi connectivity index (χ2v) is 7.46. The number of ether oxygens (including phenoxy) is 1. The van der Waals surface area contributed by atoms with E-state index in [1.165, 1.54) is 5.56 Å². The van der Waals surface area contributed by atoms with Gasteiger partial charge < -0.3 is 14.1 Å². The maximum Gasteiger partial charge on any atom is 0.336 e. The second-order valence-electron chi connectivity index (χ2n) is 7.46. The van der Waals surface area contributed by atoms with Crippen molar-refractivity contribution in [3.05, 3.63) is 69.6 Å². The molecule has 2 heterocycles. The quantitative estimate of drug-likeness (QED) is 0.647. The van der Waals surface area contributed by atoms with E-state index in [0.717, 1.165) is 60.7 Å². The second kappa shape index (κ2) is 7.68. The van der Waals surface area contributed by atoms with Gasteiger partial charge in [0.25, 0.3) is 0 Å². The standard InChI is InChI=1S/C23H26N2O3/c1-16-12-19-18(14-23(26)28-22(19)13-17(16)2)15-24-8-10-25(11-9-24)20-6-4-5-7-21(20)27-3/h4-7,12-14H,8-11,15H2,1-3H3. The molecule has 0 amide bonds. The highest BCUT2D eigenvalue weighted by Gasteiger charge is 2.20. The zero-order chi connectivity index (χ0) is 19.7. The number of benzene rings is 2. The third-order valence-corrected chi connectivity index (χ3v) is 5.64. The normalized spacial score (nSPS) is 15.2. The Morgan fingerprint density at radius 3 is 2.46 bits per heavy atom. The average molecular weight is 378 g/mol. The Morgan fingerprint density at radius 1 is 1.00 bits per heavy atom. The van der Waals surface area contributed by atoms with Crippen LogP contribution in [0.15, 0.2) is 51.7 Å². The summed E-state index contributed by atoms with van der Waals surface area (Å²) in [5.74, 6) is 0.911. The number of para-hydroxylation sites is 2. The van der Waals surface area contributed by atoms with Gasteiger partial charge in [-0.1, -0.05) is 12.1 Å². The third kappa shape index (κ3) is 3.62. The first-order valence-electron chi connectivity index (χ1n) is 9.69. The van der Waals surface area contributed by atoms with E-state index in [2.05, 4.69) is 28.9 Å². The van der Waals surface area contributed by atoms with Gasteiger partial charge in [0.15, 0.2) is 0 Å². The van der Waals surface area contributed by atoms with Crippen molar-refractivity contribution >= 4 is 16.7 Å². The molecular weight excluding hydrogens is 352 g/mol. The molecule has 1 saturated heterocycles. The van der Waals surface area contributed by atoms with Gasteiger partial charge in [-0.2, -0.15) is 0 Å². The number of hydrogen-bond acceptors (Lipinski definition) is 5. The molecule has 3 aromatic rings. The molecule has 0 radical (unpaired) electrons. The van der Waals surface area contributed by atoms with E-state index in [4.69, 9.17) is 9.15 Å². The van der Waals surface area contributed by atoms with Crippen molar-refractivity contribution in [2.24, 2.45) is 0 Å². The minimum Gasteiger partial charge on any atom is -0.495 e. The zero-order valence-electron chi connectivity index (χ0n) is 16.7. The summed E-state index contributed by atoms with van der Waals surface area (Å²) in [4.78, 5) is 16.8. The number of nitrogens with zero attached hydrogens (tertiary/aromatic N) is 2. The van der Waals surface area contributed by atoms with Crippen LogP contribution in [0.3, 0.4) is 0 Å². The van der Waals surface area contributed by atoms with Crippen LogP contribution in [0.1, 0.15) is 16.7 Å². The molecular formula is C23H26N2O3. The van der Waals surface area contributed by atoms with Gasteiger partial charge in [-0.25, -0.2) is 4.79 Å². The summed E-state index contributed by atoms with van der Waals surface area (Å²) in [6.45, 7) is 8.61. The highest BCUT2D eigenvalue weighted by molar-refractivity contribution is 5.81. The third-order valence-electron chi connectivity index (χ3n) is 5.64. The first-order valence-corrected chi connectivity index (χ1v) is 9.69. The summed E-state index contributed by atoms with van der Waals surface area (Å²) in [6.07, 6.45) is 0. The lowest BCUT2D eigenvalue weighted by Gasteiger charge is -2.36. The van der Waals surface area contributed by atoms with E-state index < -0.39 is 0 Å². The van der Waals surface area contributed by atoms with E-state index in [0.29, 0.717) is 5.58 Å². The maximum absolute atomic E-state index is 12.0. The van der Waals surface area contributed by atoms with Crippen molar-refractivity contribution < 1.29 is 9.15 Å². The number of methoxy groups -OCH3 is 1. The monoisotopic (exact) mass is 378 g/mol. The van der Waals surface area contributed by atoms with Crippen LogP contribution >= 0.6 is 0 Å². The smallest absolute Gasteiger partial charge is 0.336 e. The van der Waals surface area contributed by atoms with Crippen LogP contribution in [0.25, 0.3) is 11.0 Å². The van der Waals surface area contributed by atoms with Crippen LogP contribution < -0.4 is 15.3 Å². The van der Waals surface area contributed by atoms with Gasteiger partial charge in [-0.15, -0.1) is 0 Å². The summed E-state index contributed by atoms with van der Waals surface area (Å²) in [7, 11) is 1.71. The zero-order valence-corrected chi connectivity index (χ0v) is 16.7. The highest BCUT2D eigenvalue weighted by Crippen LogP contribution is 2.29. The SMILES string of the molecule is COc1ccccc1N1CCN(Cc2cc(=O)oc3cc(C)c(C)cc23)CC1. The fourth-order valence-electron chi connectivity index (χ4n) is 3.89. The molecule has 1 aliphatic rings. The minimum atomic E-state index is -0.279. The first-order chi connectivity index (χ1) is 13.5. The van der Waals surface area contributed by atoms with E-state index in [-0.39, 0.29) is 5.63 Å². The molecule has 0 N–H and O–H groups in total. The molecule has 5 nitrogen and oxygen atoms in total. The lowest BCUT2D eigenvalue weighted by molar-refractivity contribution is 0.249. The van der Waals surface area contributed by atoms with Gasteiger partial charge in [0.05, 0.1) is 12.8 Å². The van der Waals surface area contributed by atoms with Crippen molar-refractivity contribution in [3.8, 4) is 5.75 Å². The van der Waals surface area contributed by atoms with E-state index >= 15 is 0 Å². The van der Waals surface area contributed by atoms with Gasteiger partial charge in [0.2, 0.25) is 0 Å². The molecule has 0 bridgehead atoms. The van der Waals surface area contributed by atoms with Crippen LogP contribution in [-0.4, -0.2) is 38.2 Å². The Morgan fingerprint density at radius 2 is 1.71 bits per heavy atom. The first kappa shape index (κ1) is 18.6. The Hall–Kier alpha value is -2.79. The van der Waals surface area contributed by atoms with Gasteiger partial charge in [-0.3, -0.25) is 4.90 Å². The van der Waals surface area contributed by atoms with Crippen molar-refractivity contribution in [2.45, 2.75) is 20.4 Å². The molecule has 2 aromatic carbocycles. The summed E-state index contributed by atoms with van der Waals surface area (Å²) < 4.78 is 10.9. The Balaban J connectivity index is 1.52. The fraction of sp³-hybridized carbons (Fsp3) is 0.348. The number of fused-ring (bicyclic) bond motifs is 1. The fourth-order valence-corrected chi connectivity index (χ4v) is 3.89. The Kier molecular flexibility index (Phi) is 5.09. The van der Waals surface area contributed by atoms with Gasteiger partial charge in [0, 0.05) is 44.2 Å². The lowest BCUT2D eigenvalue weighted by Crippen LogP contribution is -2.46. The summed E-state index contributed by atoms with van der Waals surface area (Å²) in [5.41, 5.74) is 4.93. The van der Waals surface area contributed by atoms with E-state index in [1.807, 2.05) is 31.2 Å². The number of hydrogen-bond donors (Lipinski definition) is 0. The molecule has 0 unspecified atom stereocenters. The van der Waals surface area contributed by atoms with Crippen molar-refractivity contribution in [1.82, 2.24) is 4.90 Å². The van der Waals surface area contributed by atoms with Crippen molar-refractivity contribution in [3.63, 3.8) is 0 Å². The Bertz CT molecular complexity index is 1050. The predicted octanol–water partition coefficient (Wildman–Crippen LogP) is 3.74. The van der Waals surface area contributed by atoms with E-state index in [1.54, 1.807) is 13.2 Å². The summed E-state index contributed by atoms with van der Waals surface area (Å²) >= 11 is 0. The lowest BCUT2D eigenvalue weighted by atomic mass is 10.0. The molecule has 0 atom stereocenters. The molecule has 28 heavy (non-hydrogen) atoms. The van der Waals surface area contributed by atoms with Crippen LogP contribution in [0, 0.1) is 13.8 Å². The van der Waals surface area contributed by atoms with Crippen LogP contribution in [-0.2, 0) is 6.54 Å². The maximum atomic E-state index is 12.0. The molecule has 146 valence electrons. The van der Waals surface area contributed by atoms with Gasteiger partial charge in [-0.05, 0) is 54.8 Å². The number of anilines is 1. The molecule has 0 saturated carbocycles. The number of piperazine rings is 1.